The summed E-state index contributed by atoms with van der Waals surface area (Å²) >= 11 is 0. The number of rotatable bonds is 4. The fourth-order valence-electron chi connectivity index (χ4n) is 1.93. The lowest BCUT2D eigenvalue weighted by Crippen LogP contribution is -2.06. The fraction of sp³-hybridized carbons (Fsp3) is 0.267. The van der Waals surface area contributed by atoms with E-state index in [9.17, 15) is 35.4 Å². The van der Waals surface area contributed by atoms with Crippen LogP contribution in [0.25, 0.3) is 0 Å². The molecule has 26 heavy (non-hydrogen) atoms. The van der Waals surface area contributed by atoms with Gasteiger partial charge in [0.25, 0.3) is 17.1 Å². The van der Waals surface area contributed by atoms with Gasteiger partial charge in [-0.25, -0.2) is 4.98 Å². The molecule has 0 unspecified atom stereocenters. The second-order valence-corrected chi connectivity index (χ2v) is 5.54. The van der Waals surface area contributed by atoms with Crippen molar-refractivity contribution in [1.29, 1.82) is 0 Å². The van der Waals surface area contributed by atoms with Crippen molar-refractivity contribution >= 4 is 17.1 Å². The molecule has 0 spiro atoms. The van der Waals surface area contributed by atoms with Crippen molar-refractivity contribution < 1.29 is 24.9 Å². The van der Waals surface area contributed by atoms with E-state index in [-0.39, 0.29) is 0 Å². The topological polar surface area (TPSA) is 167 Å². The van der Waals surface area contributed by atoms with Crippen LogP contribution in [0, 0.1) is 37.3 Å². The van der Waals surface area contributed by atoms with Crippen molar-refractivity contribution in [2.24, 2.45) is 0 Å². The van der Waals surface area contributed by atoms with Crippen molar-refractivity contribution in [3.8, 4) is 5.75 Å². The summed E-state index contributed by atoms with van der Waals surface area (Å²) in [5.74, 6) is -0.825. The lowest BCUT2D eigenvalue weighted by molar-refractivity contribution is -0.420. The molecular formula is C15H16N4O7. The highest BCUT2D eigenvalue weighted by Crippen LogP contribution is 2.36. The average Bonchev–Trinajstić information content (AvgIpc) is 2.54. The number of nitrogens with zero attached hydrogens (tertiary/aromatic N) is 3. The normalized spacial score (nSPS) is 10.0. The standard InChI is InChI=1S/C9H13N.C6H3N3O7/c1-7(2)9-4-5-10-8(3)6-9;10-6-4(8(13)14)1-3(7(11)12)2-5(6)9(15)16/h4-7H,1-3H3;1-2,10H. The number of non-ortho nitro benzene ring substituents is 1. The van der Waals surface area contributed by atoms with Crippen molar-refractivity contribution in [3.05, 3.63) is 72.1 Å². The molecule has 0 aliphatic heterocycles. The predicted molar refractivity (Wildman–Crippen MR) is 87.7 cm³/mol. The highest BCUT2D eigenvalue weighted by atomic mass is 16.6. The van der Waals surface area contributed by atoms with Gasteiger partial charge < -0.3 is 5.11 Å². The molecule has 0 saturated heterocycles. The molecule has 11 nitrogen and oxygen atoms in total. The molecular weight excluding hydrogens is 348 g/mol. The van der Waals surface area contributed by atoms with Crippen molar-refractivity contribution in [2.45, 2.75) is 26.7 Å². The second kappa shape index (κ2) is 8.46. The lowest BCUT2D eigenvalue weighted by atomic mass is 10.0. The van der Waals surface area contributed by atoms with E-state index < -0.39 is 37.6 Å². The van der Waals surface area contributed by atoms with E-state index in [0.29, 0.717) is 18.1 Å². The summed E-state index contributed by atoms with van der Waals surface area (Å²) in [5.41, 5.74) is -0.637. The van der Waals surface area contributed by atoms with Crippen molar-refractivity contribution in [1.82, 2.24) is 0 Å². The highest BCUT2D eigenvalue weighted by molar-refractivity contribution is 5.63. The number of H-pyrrole nitrogens is 1. The monoisotopic (exact) mass is 364 g/mol. The fourth-order valence-corrected chi connectivity index (χ4v) is 1.93. The van der Waals surface area contributed by atoms with Gasteiger partial charge in [0.05, 0.1) is 32.7 Å². The number of pyridine rings is 1. The summed E-state index contributed by atoms with van der Waals surface area (Å²) in [6.07, 6.45) is 1.99. The zero-order valence-electron chi connectivity index (χ0n) is 14.2. The van der Waals surface area contributed by atoms with Crippen LogP contribution in [-0.2, 0) is 0 Å². The van der Waals surface area contributed by atoms with Crippen LogP contribution in [0.4, 0.5) is 17.1 Å². The van der Waals surface area contributed by atoms with Crippen LogP contribution >= 0.6 is 0 Å². The van der Waals surface area contributed by atoms with E-state index in [2.05, 4.69) is 37.9 Å². The van der Waals surface area contributed by atoms with Crippen LogP contribution in [0.2, 0.25) is 0 Å². The summed E-state index contributed by atoms with van der Waals surface area (Å²) < 4.78 is 0. The third-order valence-corrected chi connectivity index (χ3v) is 3.28. The minimum atomic E-state index is -1.46. The van der Waals surface area contributed by atoms with Crippen LogP contribution in [0.3, 0.4) is 0 Å². The van der Waals surface area contributed by atoms with Gasteiger partial charge in [0.15, 0.2) is 11.9 Å². The van der Waals surface area contributed by atoms with Gasteiger partial charge in [-0.15, -0.1) is 0 Å². The first-order valence-corrected chi connectivity index (χ1v) is 7.31. The Kier molecular flexibility index (Phi) is 6.64. The largest absolute Gasteiger partial charge is 0.863 e. The van der Waals surface area contributed by atoms with Crippen LogP contribution in [0.15, 0.2) is 30.5 Å². The van der Waals surface area contributed by atoms with Gasteiger partial charge in [-0.2, -0.15) is 0 Å². The number of nitrogens with one attached hydrogen (secondary N) is 1. The molecule has 0 radical (unpaired) electrons. The molecule has 0 atom stereocenters. The summed E-state index contributed by atoms with van der Waals surface area (Å²) in [6.45, 7) is 6.48. The third kappa shape index (κ3) is 5.19. The Morgan fingerprint density at radius 2 is 1.42 bits per heavy atom. The zero-order chi connectivity index (χ0) is 20.0. The minimum Gasteiger partial charge on any atom is -0.863 e. The van der Waals surface area contributed by atoms with Crippen LogP contribution in [-0.4, -0.2) is 14.8 Å². The molecule has 1 aromatic carbocycles. The Balaban J connectivity index is 0.000000289. The first-order chi connectivity index (χ1) is 12.0. The minimum absolute atomic E-state index is 0.384. The van der Waals surface area contributed by atoms with Gasteiger partial charge in [-0.3, -0.25) is 30.3 Å². The maximum Gasteiger partial charge on any atom is 0.283 e. The summed E-state index contributed by atoms with van der Waals surface area (Å²) in [6, 6.07) is 5.08. The molecule has 1 heterocycles. The first kappa shape index (κ1) is 20.4. The maximum absolute atomic E-state index is 11.1. The molecule has 2 aromatic rings. The number of hydrogen-bond donors (Lipinski definition) is 0. The van der Waals surface area contributed by atoms with E-state index in [4.69, 9.17) is 0 Å². The molecule has 0 aliphatic rings. The van der Waals surface area contributed by atoms with Gasteiger partial charge in [-0.1, -0.05) is 13.8 Å². The van der Waals surface area contributed by atoms with E-state index >= 15 is 0 Å². The molecule has 0 bridgehead atoms. The Labute approximate surface area is 147 Å². The van der Waals surface area contributed by atoms with E-state index in [1.807, 2.05) is 6.20 Å². The summed E-state index contributed by atoms with van der Waals surface area (Å²) in [7, 11) is 0. The third-order valence-electron chi connectivity index (χ3n) is 3.28. The smallest absolute Gasteiger partial charge is 0.283 e. The molecule has 1 aromatic heterocycles. The molecule has 11 heteroatoms. The molecule has 0 amide bonds. The summed E-state index contributed by atoms with van der Waals surface area (Å²) in [5, 5.41) is 42.1. The number of hydrogen-bond acceptors (Lipinski definition) is 7. The molecule has 0 aliphatic carbocycles. The Bertz CT molecular complexity index is 817. The highest BCUT2D eigenvalue weighted by Gasteiger charge is 2.24. The Hall–Kier alpha value is -3.63. The van der Waals surface area contributed by atoms with E-state index in [1.165, 1.54) is 11.3 Å². The summed E-state index contributed by atoms with van der Waals surface area (Å²) in [4.78, 5) is 30.6. The van der Waals surface area contributed by atoms with Crippen molar-refractivity contribution in [2.75, 3.05) is 0 Å². The van der Waals surface area contributed by atoms with Gasteiger partial charge >= 0.3 is 0 Å². The van der Waals surface area contributed by atoms with Crippen LogP contribution < -0.4 is 10.1 Å². The van der Waals surface area contributed by atoms with Gasteiger partial charge in [0.2, 0.25) is 0 Å². The predicted octanol–water partition coefficient (Wildman–Crippen LogP) is 2.42. The van der Waals surface area contributed by atoms with E-state index in [1.54, 1.807) is 0 Å². The molecule has 138 valence electrons. The Morgan fingerprint density at radius 3 is 1.73 bits per heavy atom. The number of benzene rings is 1. The molecule has 2 rings (SSSR count). The van der Waals surface area contributed by atoms with Crippen LogP contribution in [0.1, 0.15) is 31.0 Å². The number of aromatic amines is 1. The van der Waals surface area contributed by atoms with Gasteiger partial charge in [-0.05, 0) is 11.5 Å². The quantitative estimate of drug-likeness (QED) is 0.593. The second-order valence-electron chi connectivity index (χ2n) is 5.54. The number of aromatic nitrogens is 1. The molecule has 0 fully saturated rings. The number of aryl methyl sites for hydroxylation is 1. The molecule has 0 saturated carbocycles. The number of nitro benzene ring substituents is 3. The lowest BCUT2D eigenvalue weighted by Gasteiger charge is -2.06. The van der Waals surface area contributed by atoms with Gasteiger partial charge in [0.1, 0.15) is 0 Å². The van der Waals surface area contributed by atoms with Gasteiger partial charge in [0, 0.05) is 19.1 Å². The zero-order valence-corrected chi connectivity index (χ0v) is 14.2. The van der Waals surface area contributed by atoms with Crippen LogP contribution in [0.5, 0.6) is 5.75 Å². The van der Waals surface area contributed by atoms with E-state index in [0.717, 1.165) is 0 Å². The maximum atomic E-state index is 11.1. The number of nitro groups is 3. The molecule has 1 N–H and O–H groups in total. The Morgan fingerprint density at radius 1 is 0.923 bits per heavy atom. The average molecular weight is 364 g/mol. The SMILES string of the molecule is Cc1cc(C(C)C)cc[nH+]1.O=[N+]([O-])c1cc([N+](=O)[O-])c([O-])c([N+](=O)[O-])c1. The first-order valence-electron chi connectivity index (χ1n) is 7.31. The van der Waals surface area contributed by atoms with Crippen molar-refractivity contribution in [3.63, 3.8) is 0 Å².